The predicted octanol–water partition coefficient (Wildman–Crippen LogP) is -2.85. The number of hydrogen-bond donors (Lipinski definition) is 8. The van der Waals surface area contributed by atoms with Gasteiger partial charge in [-0.15, -0.1) is 0 Å². The first-order valence-electron chi connectivity index (χ1n) is 6.60. The molecule has 0 saturated heterocycles. The Labute approximate surface area is 144 Å². The van der Waals surface area contributed by atoms with Gasteiger partial charge in [-0.25, -0.2) is 0 Å². The molecule has 1 unspecified atom stereocenters. The van der Waals surface area contributed by atoms with Crippen molar-refractivity contribution in [2.75, 3.05) is 0 Å². The number of aliphatic carboxylic acids is 6. The van der Waals surface area contributed by atoms with Crippen molar-refractivity contribution in [2.24, 2.45) is 23.3 Å². The van der Waals surface area contributed by atoms with Crippen molar-refractivity contribution >= 4 is 35.8 Å². The van der Waals surface area contributed by atoms with E-state index in [0.717, 1.165) is 0 Å². The third kappa shape index (κ3) is 9.78. The highest BCUT2D eigenvalue weighted by Gasteiger charge is 2.31. The van der Waals surface area contributed by atoms with Crippen molar-refractivity contribution in [1.29, 1.82) is 0 Å². The van der Waals surface area contributed by atoms with Crippen molar-refractivity contribution in [3.05, 3.63) is 0 Å². The molecule has 0 saturated carbocycles. The van der Waals surface area contributed by atoms with Crippen LogP contribution in [0.15, 0.2) is 0 Å². The molecule has 0 spiro atoms. The minimum Gasteiger partial charge on any atom is -0.481 e. The quantitative estimate of drug-likeness (QED) is 0.176. The van der Waals surface area contributed by atoms with Crippen LogP contribution in [0.5, 0.6) is 0 Å². The normalized spacial score (nSPS) is 12.5. The van der Waals surface area contributed by atoms with Gasteiger partial charge >= 0.3 is 35.8 Å². The summed E-state index contributed by atoms with van der Waals surface area (Å²) in [5.41, 5.74) is 9.93. The van der Waals surface area contributed by atoms with E-state index in [9.17, 15) is 28.8 Å². The summed E-state index contributed by atoms with van der Waals surface area (Å²) in [5.74, 6) is -12.8. The Morgan fingerprint density at radius 2 is 0.692 bits per heavy atom. The molecule has 14 nitrogen and oxygen atoms in total. The zero-order valence-corrected chi connectivity index (χ0v) is 13.0. The van der Waals surface area contributed by atoms with Gasteiger partial charge in [0.2, 0.25) is 0 Å². The molecule has 0 aliphatic carbocycles. The Morgan fingerprint density at radius 3 is 0.808 bits per heavy atom. The molecule has 10 N–H and O–H groups in total. The van der Waals surface area contributed by atoms with Crippen LogP contribution in [0, 0.1) is 11.8 Å². The fourth-order valence-corrected chi connectivity index (χ4v) is 1.32. The fourth-order valence-electron chi connectivity index (χ4n) is 1.32. The number of carboxylic acids is 6. The van der Waals surface area contributed by atoms with Gasteiger partial charge in [0.15, 0.2) is 11.8 Å². The summed E-state index contributed by atoms with van der Waals surface area (Å²) in [6.45, 7) is 0. The molecule has 0 amide bonds. The largest absolute Gasteiger partial charge is 0.481 e. The van der Waals surface area contributed by atoms with E-state index in [2.05, 4.69) is 0 Å². The van der Waals surface area contributed by atoms with Crippen molar-refractivity contribution in [1.82, 2.24) is 0 Å². The monoisotopic (exact) mass is 382 g/mol. The smallest absolute Gasteiger partial charge is 0.320 e. The van der Waals surface area contributed by atoms with Gasteiger partial charge in [-0.1, -0.05) is 0 Å². The van der Waals surface area contributed by atoms with E-state index < -0.39 is 72.6 Å². The lowest BCUT2D eigenvalue weighted by Gasteiger charge is -2.09. The van der Waals surface area contributed by atoms with E-state index in [0.29, 0.717) is 0 Å². The topological polar surface area (TPSA) is 276 Å². The average Bonchev–Trinajstić information content (AvgIpc) is 2.48. The Kier molecular flexibility index (Phi) is 10.9. The van der Waals surface area contributed by atoms with E-state index in [1.165, 1.54) is 0 Å². The van der Waals surface area contributed by atoms with Crippen LogP contribution in [0.1, 0.15) is 12.8 Å². The van der Waals surface area contributed by atoms with Crippen LogP contribution in [0.4, 0.5) is 0 Å². The van der Waals surface area contributed by atoms with Crippen molar-refractivity contribution < 1.29 is 59.4 Å². The third-order valence-electron chi connectivity index (χ3n) is 2.81. The highest BCUT2D eigenvalue weighted by molar-refractivity contribution is 5.94. The Bertz CT molecular complexity index is 497. The molecular formula is C12H18N2O12. The molecule has 26 heavy (non-hydrogen) atoms. The summed E-state index contributed by atoms with van der Waals surface area (Å²) >= 11 is 0. The maximum absolute atomic E-state index is 10.3. The molecule has 0 aromatic heterocycles. The first-order chi connectivity index (χ1) is 11.7. The average molecular weight is 382 g/mol. The fraction of sp³-hybridized carbons (Fsp3) is 0.500. The van der Waals surface area contributed by atoms with Gasteiger partial charge in [0.05, 0.1) is 0 Å². The maximum atomic E-state index is 10.3. The van der Waals surface area contributed by atoms with Gasteiger partial charge in [0.25, 0.3) is 0 Å². The Hall–Kier alpha value is -3.26. The van der Waals surface area contributed by atoms with Crippen LogP contribution < -0.4 is 11.5 Å². The van der Waals surface area contributed by atoms with Crippen molar-refractivity contribution in [3.63, 3.8) is 0 Å². The first kappa shape index (κ1) is 25.0. The molecule has 14 heteroatoms. The summed E-state index contributed by atoms with van der Waals surface area (Å²) in [6.07, 6.45) is -1.25. The van der Waals surface area contributed by atoms with E-state index in [-0.39, 0.29) is 0 Å². The molecule has 0 rings (SSSR count). The molecule has 0 radical (unpaired) electrons. The van der Waals surface area contributed by atoms with Gasteiger partial charge in [-0.2, -0.15) is 0 Å². The number of rotatable bonds is 10. The summed E-state index contributed by atoms with van der Waals surface area (Å²) in [6, 6.07) is -2.95. The zero-order valence-electron chi connectivity index (χ0n) is 13.0. The molecule has 0 heterocycles. The van der Waals surface area contributed by atoms with Gasteiger partial charge < -0.3 is 42.1 Å². The van der Waals surface area contributed by atoms with Crippen LogP contribution in [-0.4, -0.2) is 78.5 Å². The molecule has 0 aromatic carbocycles. The van der Waals surface area contributed by atoms with E-state index in [4.69, 9.17) is 42.1 Å². The molecule has 0 aliphatic heterocycles. The second-order valence-electron chi connectivity index (χ2n) is 4.82. The summed E-state index contributed by atoms with van der Waals surface area (Å²) < 4.78 is 0. The van der Waals surface area contributed by atoms with Crippen LogP contribution in [0.25, 0.3) is 0 Å². The number of carboxylic acid groups (broad SMARTS) is 6. The van der Waals surface area contributed by atoms with Gasteiger partial charge in [0, 0.05) is 0 Å². The molecule has 0 fully saturated rings. The molecule has 2 atom stereocenters. The second-order valence-corrected chi connectivity index (χ2v) is 4.82. The first-order valence-corrected chi connectivity index (χ1v) is 6.60. The van der Waals surface area contributed by atoms with Crippen LogP contribution in [-0.2, 0) is 28.8 Å². The lowest BCUT2D eigenvalue weighted by atomic mass is 10.0. The van der Waals surface area contributed by atoms with E-state index >= 15 is 0 Å². The SMILES string of the molecule is NC(CC(C(=O)O)C(=O)O)C(=O)O.N[C@@H](CC(C(=O)O)C(=O)O)C(=O)O. The number of nitrogens with two attached hydrogens (primary N) is 2. The van der Waals surface area contributed by atoms with Crippen LogP contribution in [0.2, 0.25) is 0 Å². The van der Waals surface area contributed by atoms with Crippen LogP contribution >= 0.6 is 0 Å². The molecular weight excluding hydrogens is 364 g/mol. The minimum absolute atomic E-state index is 0.625. The van der Waals surface area contributed by atoms with E-state index in [1.54, 1.807) is 0 Å². The summed E-state index contributed by atoms with van der Waals surface area (Å²) in [5, 5.41) is 49.9. The van der Waals surface area contributed by atoms with Gasteiger partial charge in [-0.05, 0) is 12.8 Å². The number of hydrogen-bond acceptors (Lipinski definition) is 8. The van der Waals surface area contributed by atoms with Crippen molar-refractivity contribution in [2.45, 2.75) is 24.9 Å². The highest BCUT2D eigenvalue weighted by Crippen LogP contribution is 2.07. The van der Waals surface area contributed by atoms with Gasteiger partial charge in [0.1, 0.15) is 12.1 Å². The maximum Gasteiger partial charge on any atom is 0.320 e. The molecule has 148 valence electrons. The van der Waals surface area contributed by atoms with Crippen LogP contribution in [0.3, 0.4) is 0 Å². The van der Waals surface area contributed by atoms with E-state index in [1.807, 2.05) is 0 Å². The lowest BCUT2D eigenvalue weighted by molar-refractivity contribution is -0.157. The van der Waals surface area contributed by atoms with Crippen molar-refractivity contribution in [3.8, 4) is 0 Å². The van der Waals surface area contributed by atoms with Gasteiger partial charge in [-0.3, -0.25) is 28.8 Å². The second kappa shape index (κ2) is 11.3. The third-order valence-corrected chi connectivity index (χ3v) is 2.81. The minimum atomic E-state index is -1.77. The summed E-state index contributed by atoms with van der Waals surface area (Å²) in [4.78, 5) is 61.4. The zero-order chi connectivity index (χ0) is 21.2. The lowest BCUT2D eigenvalue weighted by Crippen LogP contribution is -2.37. The standard InChI is InChI=1S/2C6H9NO6/c2*7-3(6(12)13)1-2(4(8)9)5(10)11/h2*2-3H,1,7H2,(H,8,9)(H,10,11)(H,12,13)/t3-;/m0./s1. The number of carbonyl (C=O) groups is 6. The molecule has 0 aliphatic rings. The summed E-state index contributed by atoms with van der Waals surface area (Å²) in [7, 11) is 0. The Morgan fingerprint density at radius 1 is 0.500 bits per heavy atom. The molecule has 0 bridgehead atoms. The molecule has 0 aromatic rings. The highest BCUT2D eigenvalue weighted by atomic mass is 16.4. The Balaban J connectivity index is 0. The predicted molar refractivity (Wildman–Crippen MR) is 78.0 cm³/mol.